The van der Waals surface area contributed by atoms with Crippen LogP contribution in [0.15, 0.2) is 0 Å². The lowest BCUT2D eigenvalue weighted by atomic mass is 9.89. The average Bonchev–Trinajstić information content (AvgIpc) is 3.03. The summed E-state index contributed by atoms with van der Waals surface area (Å²) in [5.41, 5.74) is 1.85. The third-order valence-corrected chi connectivity index (χ3v) is 5.57. The first kappa shape index (κ1) is 15.5. The van der Waals surface area contributed by atoms with Gasteiger partial charge in [0.15, 0.2) is 0 Å². The van der Waals surface area contributed by atoms with Crippen LogP contribution in [-0.2, 0) is 19.4 Å². The maximum atomic E-state index is 11.3. The number of halogens is 1. The second-order valence-electron chi connectivity index (χ2n) is 5.70. The number of aromatic nitrogens is 2. The first-order valence-corrected chi connectivity index (χ1v) is 8.48. The van der Waals surface area contributed by atoms with Crippen LogP contribution in [0, 0.1) is 15.5 Å². The molecule has 1 heterocycles. The van der Waals surface area contributed by atoms with E-state index in [0.717, 1.165) is 17.6 Å². The molecule has 0 saturated heterocycles. The van der Waals surface area contributed by atoms with E-state index in [1.165, 1.54) is 25.7 Å². The van der Waals surface area contributed by atoms with Gasteiger partial charge in [0.1, 0.15) is 11.4 Å². The Morgan fingerprint density at radius 1 is 1.35 bits per heavy atom. The van der Waals surface area contributed by atoms with E-state index in [-0.39, 0.29) is 16.0 Å². The minimum Gasteiger partial charge on any atom is -0.262 e. The van der Waals surface area contributed by atoms with E-state index in [9.17, 15) is 10.1 Å². The fourth-order valence-corrected chi connectivity index (χ4v) is 3.99. The number of alkyl halides is 1. The van der Waals surface area contributed by atoms with E-state index < -0.39 is 0 Å². The van der Waals surface area contributed by atoms with E-state index in [1.54, 1.807) is 0 Å². The second kappa shape index (κ2) is 6.24. The summed E-state index contributed by atoms with van der Waals surface area (Å²) in [5, 5.41) is 16.8. The summed E-state index contributed by atoms with van der Waals surface area (Å²) in [6.07, 6.45) is 6.11. The van der Waals surface area contributed by atoms with Gasteiger partial charge in [0.05, 0.1) is 4.92 Å². The van der Waals surface area contributed by atoms with Gasteiger partial charge < -0.3 is 0 Å². The molecule has 20 heavy (non-hydrogen) atoms. The minimum atomic E-state index is -0.267. The summed E-state index contributed by atoms with van der Waals surface area (Å²) >= 11 is 3.63. The molecule has 2 rings (SSSR count). The van der Waals surface area contributed by atoms with Gasteiger partial charge in [-0.05, 0) is 31.1 Å². The molecule has 1 aromatic rings. The summed E-state index contributed by atoms with van der Waals surface area (Å²) in [5.74, 6) is 0. The van der Waals surface area contributed by atoms with Crippen molar-refractivity contribution in [1.29, 1.82) is 0 Å². The Kier molecular flexibility index (Phi) is 4.83. The number of hydrogen-bond donors (Lipinski definition) is 0. The lowest BCUT2D eigenvalue weighted by Gasteiger charge is -2.26. The van der Waals surface area contributed by atoms with Crippen molar-refractivity contribution in [2.24, 2.45) is 5.41 Å². The van der Waals surface area contributed by atoms with Crippen molar-refractivity contribution in [3.63, 3.8) is 0 Å². The number of hydrogen-bond acceptors (Lipinski definition) is 3. The minimum absolute atomic E-state index is 0.217. The quantitative estimate of drug-likeness (QED) is 0.447. The zero-order valence-electron chi connectivity index (χ0n) is 12.2. The number of rotatable bonds is 6. The van der Waals surface area contributed by atoms with Crippen LogP contribution in [-0.4, -0.2) is 20.0 Å². The van der Waals surface area contributed by atoms with E-state index >= 15 is 0 Å². The van der Waals surface area contributed by atoms with Crippen LogP contribution >= 0.6 is 15.9 Å². The molecule has 1 aliphatic rings. The average molecular weight is 344 g/mol. The van der Waals surface area contributed by atoms with Gasteiger partial charge in [-0.15, -0.1) is 0 Å². The highest BCUT2D eigenvalue weighted by atomic mass is 79.9. The molecular weight excluding hydrogens is 322 g/mol. The number of nitro groups is 1. The van der Waals surface area contributed by atoms with Crippen LogP contribution in [0.4, 0.5) is 5.69 Å². The van der Waals surface area contributed by atoms with Gasteiger partial charge in [0.25, 0.3) is 0 Å². The summed E-state index contributed by atoms with van der Waals surface area (Å²) in [7, 11) is 0. The van der Waals surface area contributed by atoms with Gasteiger partial charge in [-0.25, -0.2) is 0 Å². The van der Waals surface area contributed by atoms with Crippen molar-refractivity contribution >= 4 is 21.6 Å². The summed E-state index contributed by atoms with van der Waals surface area (Å²) < 4.78 is 1.91. The topological polar surface area (TPSA) is 61.0 Å². The van der Waals surface area contributed by atoms with E-state index in [4.69, 9.17) is 0 Å². The molecule has 1 saturated carbocycles. The van der Waals surface area contributed by atoms with Crippen LogP contribution in [0.5, 0.6) is 0 Å². The van der Waals surface area contributed by atoms with E-state index in [1.807, 2.05) is 18.5 Å². The zero-order chi connectivity index (χ0) is 14.8. The summed E-state index contributed by atoms with van der Waals surface area (Å²) in [4.78, 5) is 11.0. The Bertz CT molecular complexity index is 493. The summed E-state index contributed by atoms with van der Waals surface area (Å²) in [6, 6.07) is 0. The van der Waals surface area contributed by atoms with Crippen LogP contribution < -0.4 is 0 Å². The molecule has 0 N–H and O–H groups in total. The van der Waals surface area contributed by atoms with Crippen molar-refractivity contribution in [2.75, 3.05) is 5.33 Å². The molecule has 0 atom stereocenters. The predicted octanol–water partition coefficient (Wildman–Crippen LogP) is 3.87. The monoisotopic (exact) mass is 343 g/mol. The smallest absolute Gasteiger partial charge is 0.262 e. The molecule has 112 valence electrons. The van der Waals surface area contributed by atoms with Crippen LogP contribution in [0.25, 0.3) is 0 Å². The highest BCUT2D eigenvalue weighted by Crippen LogP contribution is 2.41. The molecule has 0 aromatic carbocycles. The third-order valence-electron chi connectivity index (χ3n) is 4.38. The first-order valence-electron chi connectivity index (χ1n) is 7.35. The Hall–Kier alpha value is -0.910. The third kappa shape index (κ3) is 2.75. The maximum Gasteiger partial charge on any atom is 0.313 e. The Labute approximate surface area is 128 Å². The predicted molar refractivity (Wildman–Crippen MR) is 82.3 cm³/mol. The Morgan fingerprint density at radius 3 is 2.45 bits per heavy atom. The molecule has 0 unspecified atom stereocenters. The lowest BCUT2D eigenvalue weighted by Crippen LogP contribution is -2.27. The fraction of sp³-hybridized carbons (Fsp3) is 0.786. The van der Waals surface area contributed by atoms with Gasteiger partial charge >= 0.3 is 5.69 Å². The Morgan fingerprint density at radius 2 is 2.00 bits per heavy atom. The largest absolute Gasteiger partial charge is 0.313 e. The molecule has 0 radical (unpaired) electrons. The molecule has 1 aliphatic carbocycles. The SMILES string of the molecule is CCc1nn(CC2(CBr)CCCC2)c(CC)c1[N+](=O)[O-]. The van der Waals surface area contributed by atoms with Crippen molar-refractivity contribution < 1.29 is 4.92 Å². The molecular formula is C14H22BrN3O2. The van der Waals surface area contributed by atoms with Crippen molar-refractivity contribution in [1.82, 2.24) is 9.78 Å². The summed E-state index contributed by atoms with van der Waals surface area (Å²) in [6.45, 7) is 4.69. The van der Waals surface area contributed by atoms with Gasteiger partial charge in [-0.3, -0.25) is 14.8 Å². The van der Waals surface area contributed by atoms with Crippen LogP contribution in [0.2, 0.25) is 0 Å². The van der Waals surface area contributed by atoms with Gasteiger partial charge in [0.2, 0.25) is 0 Å². The van der Waals surface area contributed by atoms with Gasteiger partial charge in [-0.2, -0.15) is 5.10 Å². The van der Waals surface area contributed by atoms with Crippen LogP contribution in [0.1, 0.15) is 50.9 Å². The highest BCUT2D eigenvalue weighted by Gasteiger charge is 2.36. The zero-order valence-corrected chi connectivity index (χ0v) is 13.8. The normalized spacial score (nSPS) is 17.6. The standard InChI is InChI=1S/C14H22BrN3O2/c1-3-11-13(18(19)20)12(4-2)17(16-11)10-14(9-15)7-5-6-8-14/h3-10H2,1-2H3. The van der Waals surface area contributed by atoms with E-state index in [0.29, 0.717) is 18.5 Å². The Balaban J connectivity index is 2.38. The maximum absolute atomic E-state index is 11.3. The molecule has 5 nitrogen and oxygen atoms in total. The van der Waals surface area contributed by atoms with Crippen molar-refractivity contribution in [3.8, 4) is 0 Å². The molecule has 6 heteroatoms. The highest BCUT2D eigenvalue weighted by molar-refractivity contribution is 9.09. The van der Waals surface area contributed by atoms with Crippen molar-refractivity contribution in [2.45, 2.75) is 58.9 Å². The van der Waals surface area contributed by atoms with Crippen LogP contribution in [0.3, 0.4) is 0 Å². The molecule has 1 fully saturated rings. The van der Waals surface area contributed by atoms with Gasteiger partial charge in [0, 0.05) is 11.9 Å². The fourth-order valence-electron chi connectivity index (χ4n) is 3.25. The molecule has 0 bridgehead atoms. The molecule has 0 spiro atoms. The van der Waals surface area contributed by atoms with E-state index in [2.05, 4.69) is 21.0 Å². The lowest BCUT2D eigenvalue weighted by molar-refractivity contribution is -0.386. The van der Waals surface area contributed by atoms with Crippen molar-refractivity contribution in [3.05, 3.63) is 21.5 Å². The second-order valence-corrected chi connectivity index (χ2v) is 6.27. The van der Waals surface area contributed by atoms with Gasteiger partial charge in [-0.1, -0.05) is 42.6 Å². The molecule has 0 amide bonds. The number of nitrogens with zero attached hydrogens (tertiary/aromatic N) is 3. The first-order chi connectivity index (χ1) is 9.56. The molecule has 1 aromatic heterocycles. The molecule has 0 aliphatic heterocycles. The number of aryl methyl sites for hydroxylation is 1.